The average Bonchev–Trinajstić information content (AvgIpc) is 2.70. The second-order valence-electron chi connectivity index (χ2n) is 9.06. The minimum atomic E-state index is -3.02. The minimum absolute atomic E-state index is 0. The number of phenols is 1. The summed E-state index contributed by atoms with van der Waals surface area (Å²) in [4.78, 5) is 39.9. The number of Topliss-reactive ketones (excluding diaryl/α,β-unsaturated/α-hetero) is 2. The van der Waals surface area contributed by atoms with E-state index in [-0.39, 0.29) is 63.9 Å². The molecule has 0 unspecified atom stereocenters. The van der Waals surface area contributed by atoms with E-state index in [4.69, 9.17) is 5.73 Å². The number of amides is 1. The fraction of sp³-hybridized carbons (Fsp3) is 0.409. The number of ketones is 2. The molecule has 8 N–H and O–H groups in total. The maximum Gasteiger partial charge on any atom is 1.00 e. The van der Waals surface area contributed by atoms with Crippen molar-refractivity contribution in [3.05, 3.63) is 46.2 Å². The van der Waals surface area contributed by atoms with Gasteiger partial charge in [0.2, 0.25) is 5.78 Å². The van der Waals surface area contributed by atoms with Crippen molar-refractivity contribution in [1.29, 1.82) is 0 Å². The third-order valence-corrected chi connectivity index (χ3v) is 7.03. The van der Waals surface area contributed by atoms with E-state index >= 15 is 0 Å². The molecule has 3 aliphatic rings. The van der Waals surface area contributed by atoms with Gasteiger partial charge in [-0.15, -0.1) is 0 Å². The number of fused-ring (bicyclic) bond motifs is 3. The summed E-state index contributed by atoms with van der Waals surface area (Å²) in [5, 5.41) is 66.3. The first kappa shape index (κ1) is 27.0. The van der Waals surface area contributed by atoms with Gasteiger partial charge >= 0.3 is 51.4 Å². The van der Waals surface area contributed by atoms with Crippen molar-refractivity contribution < 1.29 is 97.8 Å². The molecule has 1 fully saturated rings. The van der Waals surface area contributed by atoms with Crippen LogP contribution in [0.4, 0.5) is 0 Å². The Balaban J connectivity index is 0.00000216. The molecule has 0 saturated heterocycles. The molecule has 0 bridgehead atoms. The first-order chi connectivity index (χ1) is 15.2. The van der Waals surface area contributed by atoms with Crippen molar-refractivity contribution in [1.82, 2.24) is 4.90 Å². The minimum Gasteiger partial charge on any atom is -1.00 e. The molecule has 6 atom stereocenters. The Kier molecular flexibility index (Phi) is 6.75. The number of benzene rings is 1. The second-order valence-corrected chi connectivity index (χ2v) is 9.06. The van der Waals surface area contributed by atoms with Crippen LogP contribution in [0, 0.1) is 11.8 Å². The molecule has 1 aromatic rings. The quantitative estimate of drug-likeness (QED) is 0.154. The Labute approximate surface area is 238 Å². The van der Waals surface area contributed by atoms with E-state index in [9.17, 15) is 45.0 Å². The van der Waals surface area contributed by atoms with Gasteiger partial charge in [0.05, 0.1) is 40.7 Å². The van der Waals surface area contributed by atoms with E-state index in [0.29, 0.717) is 0 Å². The Bertz CT molecular complexity index is 1200. The van der Waals surface area contributed by atoms with Crippen LogP contribution in [-0.2, 0) is 20.0 Å². The number of phenolic OH excluding ortho intramolecular Hbond substituents is 1. The summed E-state index contributed by atoms with van der Waals surface area (Å²) in [6.07, 6.45) is -1.87. The number of rotatable bonds is 2. The van der Waals surface area contributed by atoms with E-state index in [1.165, 1.54) is 44.1 Å². The van der Waals surface area contributed by atoms with Crippen molar-refractivity contribution in [3.63, 3.8) is 0 Å². The third kappa shape index (κ3) is 3.21. The standard InChI is InChI=1S/C22H24N2O9.K.H/c1-21(32)7-5-4-6-8(25)9(7)15(26)10-12(21)17(28)13-14(24(2)3)16(27)11(20(23)31)19(30)22(13,33)18(10)29;;/h4-6,12-14,17,25-26,28,30,32-33H,1-3H3,(H2,23,31);;/q;+1;-1/t12-,13-,14+,17+,21-,22+;;/m1../s1. The topological polar surface area (TPSA) is 202 Å². The van der Waals surface area contributed by atoms with Crippen LogP contribution < -0.4 is 57.1 Å². The molecule has 11 nitrogen and oxygen atoms in total. The summed E-state index contributed by atoms with van der Waals surface area (Å²) in [6.45, 7) is 1.25. The second kappa shape index (κ2) is 8.50. The number of carbonyl (C=O) groups excluding carboxylic acids is 3. The van der Waals surface area contributed by atoms with Gasteiger partial charge < -0.3 is 37.8 Å². The van der Waals surface area contributed by atoms with Gasteiger partial charge in [-0.25, -0.2) is 0 Å². The summed E-state index contributed by atoms with van der Waals surface area (Å²) < 4.78 is 0. The van der Waals surface area contributed by atoms with Gasteiger partial charge in [-0.2, -0.15) is 0 Å². The molecule has 1 aromatic carbocycles. The van der Waals surface area contributed by atoms with Gasteiger partial charge in [0.1, 0.15) is 22.8 Å². The van der Waals surface area contributed by atoms with E-state index in [2.05, 4.69) is 0 Å². The fourth-order valence-corrected chi connectivity index (χ4v) is 5.60. The predicted octanol–water partition coefficient (Wildman–Crippen LogP) is -4.28. The molecule has 0 radical (unpaired) electrons. The molecule has 12 heteroatoms. The molecule has 1 saturated carbocycles. The Morgan fingerprint density at radius 3 is 2.26 bits per heavy atom. The van der Waals surface area contributed by atoms with Gasteiger partial charge in [0.15, 0.2) is 11.4 Å². The summed E-state index contributed by atoms with van der Waals surface area (Å²) in [5.74, 6) is -9.67. The number of aliphatic hydroxyl groups is 5. The zero-order valence-corrected chi connectivity index (χ0v) is 22.1. The van der Waals surface area contributed by atoms with Crippen molar-refractivity contribution in [2.45, 2.75) is 30.3 Å². The van der Waals surface area contributed by atoms with Crippen molar-refractivity contribution in [2.75, 3.05) is 14.1 Å². The molecular weight excluding hydrogens is 475 g/mol. The summed E-state index contributed by atoms with van der Waals surface area (Å²) in [6, 6.07) is 2.50. The molecular formula is C22H25KN2O9. The number of carbonyl (C=O) groups is 3. The zero-order chi connectivity index (χ0) is 24.8. The van der Waals surface area contributed by atoms with E-state index < -0.39 is 81.1 Å². The smallest absolute Gasteiger partial charge is 1.00 e. The number of hydrogen-bond acceptors (Lipinski definition) is 10. The van der Waals surface area contributed by atoms with Crippen LogP contribution in [0.15, 0.2) is 35.1 Å². The molecule has 0 spiro atoms. The summed E-state index contributed by atoms with van der Waals surface area (Å²) >= 11 is 0. The van der Waals surface area contributed by atoms with Crippen molar-refractivity contribution in [2.24, 2.45) is 17.6 Å². The normalized spacial score (nSPS) is 34.9. The van der Waals surface area contributed by atoms with Gasteiger partial charge in [0, 0.05) is 0 Å². The van der Waals surface area contributed by atoms with Crippen LogP contribution in [0.3, 0.4) is 0 Å². The fourth-order valence-electron chi connectivity index (χ4n) is 5.60. The Morgan fingerprint density at radius 1 is 1.15 bits per heavy atom. The third-order valence-electron chi connectivity index (χ3n) is 7.03. The van der Waals surface area contributed by atoms with Crippen molar-refractivity contribution in [3.8, 4) is 5.75 Å². The van der Waals surface area contributed by atoms with E-state index in [1.807, 2.05) is 0 Å². The monoisotopic (exact) mass is 500 g/mol. The van der Waals surface area contributed by atoms with Gasteiger partial charge in [-0.1, -0.05) is 12.1 Å². The maximum atomic E-state index is 13.7. The van der Waals surface area contributed by atoms with Crippen LogP contribution in [0.25, 0.3) is 5.76 Å². The molecule has 4 rings (SSSR count). The Hall–Kier alpha value is -1.61. The number of nitrogens with two attached hydrogens (primary N) is 1. The average molecular weight is 501 g/mol. The van der Waals surface area contributed by atoms with E-state index in [0.717, 1.165) is 0 Å². The SMILES string of the molecule is CN(C)[C@@H]1C(=O)C(C(N)=O)=C(O)[C@@]2(O)C(=O)C3=C(O)c4c(O)cccc4[C@@](C)(O)[C@H]3[C@H](O)[C@@H]12.[H-].[K+]. The molecule has 1 amide bonds. The number of aromatic hydroxyl groups is 1. The van der Waals surface area contributed by atoms with Crippen LogP contribution in [0.5, 0.6) is 5.75 Å². The number of primary amides is 1. The van der Waals surface area contributed by atoms with Gasteiger partial charge in [0.25, 0.3) is 5.91 Å². The largest absolute Gasteiger partial charge is 1.00 e. The molecule has 0 heterocycles. The van der Waals surface area contributed by atoms with Gasteiger partial charge in [-0.05, 0) is 32.6 Å². The summed E-state index contributed by atoms with van der Waals surface area (Å²) in [5.41, 5.74) is -1.78. The first-order valence-electron chi connectivity index (χ1n) is 10.1. The van der Waals surface area contributed by atoms with Crippen LogP contribution in [0.2, 0.25) is 0 Å². The summed E-state index contributed by atoms with van der Waals surface area (Å²) in [7, 11) is 2.80. The van der Waals surface area contributed by atoms with Crippen LogP contribution >= 0.6 is 0 Å². The number of aliphatic hydroxyl groups excluding tert-OH is 3. The Morgan fingerprint density at radius 2 is 1.74 bits per heavy atom. The van der Waals surface area contributed by atoms with Crippen LogP contribution in [0.1, 0.15) is 19.5 Å². The predicted molar refractivity (Wildman–Crippen MR) is 113 cm³/mol. The van der Waals surface area contributed by atoms with Gasteiger partial charge in [-0.3, -0.25) is 19.3 Å². The van der Waals surface area contributed by atoms with E-state index in [1.54, 1.807) is 0 Å². The molecule has 0 aliphatic heterocycles. The van der Waals surface area contributed by atoms with Crippen LogP contribution in [-0.4, -0.2) is 84.9 Å². The number of nitrogens with zero attached hydrogens (tertiary/aromatic N) is 1. The molecule has 34 heavy (non-hydrogen) atoms. The number of hydrogen-bond donors (Lipinski definition) is 7. The zero-order valence-electron chi connectivity index (χ0n) is 20.0. The number of likely N-dealkylation sites (N-methyl/N-ethyl adjacent to an activating group) is 1. The molecule has 3 aliphatic carbocycles. The first-order valence-corrected chi connectivity index (χ1v) is 10.1. The molecule has 0 aromatic heterocycles. The maximum absolute atomic E-state index is 13.7. The molecule has 178 valence electrons. The van der Waals surface area contributed by atoms with Crippen molar-refractivity contribution >= 4 is 23.2 Å².